The molecule has 3 rings (SSSR count). The average molecular weight is 313 g/mol. The molecule has 1 aliphatic heterocycles. The molecule has 1 unspecified atom stereocenters. The van der Waals surface area contributed by atoms with E-state index in [-0.39, 0.29) is 5.97 Å². The topological polar surface area (TPSA) is 54.5 Å². The molecule has 1 aliphatic rings. The number of pyridine rings is 1. The van der Waals surface area contributed by atoms with Crippen molar-refractivity contribution in [1.82, 2.24) is 4.98 Å². The zero-order valence-corrected chi connectivity index (χ0v) is 13.9. The number of aromatic nitrogens is 1. The minimum absolute atomic E-state index is 0.320. The monoisotopic (exact) mass is 313 g/mol. The van der Waals surface area contributed by atoms with Crippen LogP contribution in [-0.4, -0.2) is 38.2 Å². The van der Waals surface area contributed by atoms with Gasteiger partial charge in [-0.25, -0.2) is 9.78 Å². The van der Waals surface area contributed by atoms with Gasteiger partial charge in [-0.1, -0.05) is 13.0 Å². The Labute approximate surface area is 136 Å². The van der Waals surface area contributed by atoms with Crippen molar-refractivity contribution in [2.75, 3.05) is 37.5 Å². The lowest BCUT2D eigenvalue weighted by molar-refractivity contribution is 0.0601. The van der Waals surface area contributed by atoms with Crippen LogP contribution < -0.4 is 10.2 Å². The van der Waals surface area contributed by atoms with Crippen molar-refractivity contribution >= 4 is 28.2 Å². The third kappa shape index (κ3) is 2.96. The number of hydrogen-bond donors (Lipinski definition) is 1. The number of carbonyl (C=O) groups is 1. The van der Waals surface area contributed by atoms with Crippen LogP contribution in [0.25, 0.3) is 10.8 Å². The Morgan fingerprint density at radius 3 is 2.91 bits per heavy atom. The molecule has 122 valence electrons. The molecule has 1 aromatic carbocycles. The summed E-state index contributed by atoms with van der Waals surface area (Å²) in [7, 11) is 3.29. The first-order valence-electron chi connectivity index (χ1n) is 8.07. The lowest BCUT2D eigenvalue weighted by Crippen LogP contribution is -2.35. The van der Waals surface area contributed by atoms with E-state index in [1.54, 1.807) is 6.07 Å². The molecule has 5 heteroatoms. The van der Waals surface area contributed by atoms with Crippen molar-refractivity contribution < 1.29 is 9.53 Å². The molecule has 1 atom stereocenters. The Hall–Kier alpha value is -2.30. The van der Waals surface area contributed by atoms with Crippen LogP contribution in [-0.2, 0) is 4.74 Å². The molecule has 0 aliphatic carbocycles. The van der Waals surface area contributed by atoms with Crippen LogP contribution in [0.2, 0.25) is 0 Å². The predicted octanol–water partition coefficient (Wildman–Crippen LogP) is 3.30. The third-order valence-electron chi connectivity index (χ3n) is 4.51. The third-order valence-corrected chi connectivity index (χ3v) is 4.51. The summed E-state index contributed by atoms with van der Waals surface area (Å²) >= 11 is 0. The average Bonchev–Trinajstić information content (AvgIpc) is 2.59. The Morgan fingerprint density at radius 2 is 2.22 bits per heavy atom. The maximum atomic E-state index is 11.9. The summed E-state index contributed by atoms with van der Waals surface area (Å²) in [6.07, 6.45) is 4.31. The van der Waals surface area contributed by atoms with Crippen LogP contribution in [0, 0.1) is 5.92 Å². The van der Waals surface area contributed by atoms with E-state index in [4.69, 9.17) is 4.74 Å². The first-order valence-corrected chi connectivity index (χ1v) is 8.07. The molecule has 1 fully saturated rings. The van der Waals surface area contributed by atoms with Crippen LogP contribution in [0.15, 0.2) is 24.4 Å². The smallest absolute Gasteiger partial charge is 0.337 e. The summed E-state index contributed by atoms with van der Waals surface area (Å²) in [6, 6.07) is 5.66. The number of ether oxygens (including phenoxy) is 1. The summed E-state index contributed by atoms with van der Waals surface area (Å²) in [4.78, 5) is 18.9. The first kappa shape index (κ1) is 15.6. The lowest BCUT2D eigenvalue weighted by Gasteiger charge is -2.32. The number of nitrogens with zero attached hydrogens (tertiary/aromatic N) is 2. The molecule has 5 nitrogen and oxygen atoms in total. The highest BCUT2D eigenvalue weighted by atomic mass is 16.5. The van der Waals surface area contributed by atoms with Gasteiger partial charge in [-0.3, -0.25) is 0 Å². The highest BCUT2D eigenvalue weighted by Gasteiger charge is 2.21. The van der Waals surface area contributed by atoms with Crippen molar-refractivity contribution in [3.8, 4) is 0 Å². The van der Waals surface area contributed by atoms with Gasteiger partial charge in [0.15, 0.2) is 0 Å². The van der Waals surface area contributed by atoms with Gasteiger partial charge < -0.3 is 15.0 Å². The largest absolute Gasteiger partial charge is 0.465 e. The number of anilines is 2. The molecule has 1 saturated heterocycles. The van der Waals surface area contributed by atoms with Gasteiger partial charge in [-0.2, -0.15) is 0 Å². The van der Waals surface area contributed by atoms with Gasteiger partial charge >= 0.3 is 5.97 Å². The second kappa shape index (κ2) is 6.44. The lowest BCUT2D eigenvalue weighted by atomic mass is 9.99. The van der Waals surface area contributed by atoms with Gasteiger partial charge in [-0.05, 0) is 30.9 Å². The standard InChI is InChI=1S/C18H23N3O2/c1-12-5-4-8-21(11-12)17-15-9-13(18(22)23-3)6-7-14(15)16(19-2)10-20-17/h6-7,9-10,12,19H,4-5,8,11H2,1-3H3. The molecule has 0 amide bonds. The van der Waals surface area contributed by atoms with Crippen LogP contribution in [0.4, 0.5) is 11.5 Å². The quantitative estimate of drug-likeness (QED) is 0.881. The first-order chi connectivity index (χ1) is 11.1. The Kier molecular flexibility index (Phi) is 4.37. The summed E-state index contributed by atoms with van der Waals surface area (Å²) in [6.45, 7) is 4.29. The van der Waals surface area contributed by atoms with Crippen LogP contribution in [0.1, 0.15) is 30.1 Å². The molecule has 0 bridgehead atoms. The number of esters is 1. The number of nitrogens with one attached hydrogen (secondary N) is 1. The van der Waals surface area contributed by atoms with E-state index in [9.17, 15) is 4.79 Å². The number of fused-ring (bicyclic) bond motifs is 1. The molecule has 2 aromatic rings. The van der Waals surface area contributed by atoms with E-state index in [0.29, 0.717) is 11.5 Å². The van der Waals surface area contributed by atoms with Crippen LogP contribution >= 0.6 is 0 Å². The van der Waals surface area contributed by atoms with Gasteiger partial charge in [-0.15, -0.1) is 0 Å². The summed E-state index contributed by atoms with van der Waals surface area (Å²) in [5.74, 6) is 1.30. The number of benzene rings is 1. The van der Waals surface area contributed by atoms with Crippen LogP contribution in [0.5, 0.6) is 0 Å². The van der Waals surface area contributed by atoms with Crippen molar-refractivity contribution in [3.05, 3.63) is 30.0 Å². The minimum Gasteiger partial charge on any atom is -0.465 e. The van der Waals surface area contributed by atoms with Gasteiger partial charge in [0.2, 0.25) is 0 Å². The summed E-state index contributed by atoms with van der Waals surface area (Å²) in [5, 5.41) is 5.24. The SMILES string of the molecule is CNc1cnc(N2CCCC(C)C2)c2cc(C(=O)OC)ccc12. The van der Waals surface area contributed by atoms with Crippen molar-refractivity contribution in [1.29, 1.82) is 0 Å². The van der Waals surface area contributed by atoms with E-state index in [0.717, 1.165) is 35.4 Å². The van der Waals surface area contributed by atoms with Gasteiger partial charge in [0.1, 0.15) is 5.82 Å². The predicted molar refractivity (Wildman–Crippen MR) is 93.2 cm³/mol. The molecule has 1 N–H and O–H groups in total. The number of carbonyl (C=O) groups excluding carboxylic acids is 1. The second-order valence-electron chi connectivity index (χ2n) is 6.19. The second-order valence-corrected chi connectivity index (χ2v) is 6.19. The van der Waals surface area contributed by atoms with Gasteiger partial charge in [0.05, 0.1) is 24.6 Å². The Bertz CT molecular complexity index is 730. The fraction of sp³-hybridized carbons (Fsp3) is 0.444. The van der Waals surface area contributed by atoms with E-state index in [2.05, 4.69) is 22.1 Å². The molecular formula is C18H23N3O2. The number of methoxy groups -OCH3 is 1. The number of hydrogen-bond acceptors (Lipinski definition) is 5. The van der Waals surface area contributed by atoms with E-state index < -0.39 is 0 Å². The van der Waals surface area contributed by atoms with Gasteiger partial charge in [0.25, 0.3) is 0 Å². The zero-order chi connectivity index (χ0) is 16.4. The highest BCUT2D eigenvalue weighted by Crippen LogP contribution is 2.33. The molecule has 0 spiro atoms. The maximum Gasteiger partial charge on any atom is 0.337 e. The number of piperidine rings is 1. The van der Waals surface area contributed by atoms with E-state index in [1.165, 1.54) is 20.0 Å². The molecule has 0 radical (unpaired) electrons. The zero-order valence-electron chi connectivity index (χ0n) is 13.9. The summed E-state index contributed by atoms with van der Waals surface area (Å²) in [5.41, 5.74) is 1.52. The maximum absolute atomic E-state index is 11.9. The van der Waals surface area contributed by atoms with Crippen molar-refractivity contribution in [3.63, 3.8) is 0 Å². The fourth-order valence-electron chi connectivity index (χ4n) is 3.31. The Balaban J connectivity index is 2.14. The molecule has 2 heterocycles. The van der Waals surface area contributed by atoms with Crippen molar-refractivity contribution in [2.45, 2.75) is 19.8 Å². The fourth-order valence-corrected chi connectivity index (χ4v) is 3.31. The minimum atomic E-state index is -0.320. The van der Waals surface area contributed by atoms with Gasteiger partial charge in [0, 0.05) is 30.9 Å². The molecule has 23 heavy (non-hydrogen) atoms. The molecule has 0 saturated carbocycles. The van der Waals surface area contributed by atoms with E-state index in [1.807, 2.05) is 25.4 Å². The Morgan fingerprint density at radius 1 is 1.39 bits per heavy atom. The van der Waals surface area contributed by atoms with Crippen LogP contribution in [0.3, 0.4) is 0 Å². The number of rotatable bonds is 3. The molecular weight excluding hydrogens is 290 g/mol. The molecule has 1 aromatic heterocycles. The summed E-state index contributed by atoms with van der Waals surface area (Å²) < 4.78 is 4.86. The highest BCUT2D eigenvalue weighted by molar-refractivity contribution is 6.04. The van der Waals surface area contributed by atoms with E-state index >= 15 is 0 Å². The normalized spacial score (nSPS) is 18.0. The van der Waals surface area contributed by atoms with Crippen molar-refractivity contribution in [2.24, 2.45) is 5.92 Å².